The zero-order valence-electron chi connectivity index (χ0n) is 46.1. The van der Waals surface area contributed by atoms with Crippen LogP contribution < -0.4 is 0 Å². The number of allylic oxidation sites excluding steroid dienone is 1. The molecule has 320 valence electrons. The molecule has 1 heteroatoms. The lowest BCUT2D eigenvalue weighted by Gasteiger charge is -2.30. The Balaban J connectivity index is 1.40. The Morgan fingerprint density at radius 3 is 1.65 bits per heavy atom. The Kier molecular flexibility index (Phi) is 9.03. The molecular weight excluding hydrogens is 761 g/mol. The van der Waals surface area contributed by atoms with Gasteiger partial charge >= 0.3 is 0 Å². The minimum absolute atomic E-state index is 0.0560. The molecule has 0 heterocycles. The smallest absolute Gasteiger partial charge is 0.126 e. The molecule has 1 aliphatic carbocycles. The molecule has 0 amide bonds. The standard InChI is InChI=1S/C62H66O/c1-39-25-27-40(28-26-39)42-21-17-22-43(31-42)44-32-45(34-47(33-44)60(5,6)7)49-23-18-24-50-53(49)38-54(55-36-48(61(8,9)10)37-56(58(55)63)62(11,12)13)57(50)51-30-29-46(59(2,3)4)35-52(51)41-19-15-14-16-20-41/h14-38,57,63H,1-13H3/i1D3,25D,26D,27D,28D. The highest BCUT2D eigenvalue weighted by Gasteiger charge is 2.36. The van der Waals surface area contributed by atoms with Crippen molar-refractivity contribution in [1.82, 2.24) is 0 Å². The summed E-state index contributed by atoms with van der Waals surface area (Å²) < 4.78 is 58.9. The van der Waals surface area contributed by atoms with E-state index in [0.717, 1.165) is 77.9 Å². The molecule has 0 aliphatic heterocycles. The number of phenols is 1. The molecule has 1 nitrogen and oxygen atoms in total. The van der Waals surface area contributed by atoms with Gasteiger partial charge in [0, 0.05) is 21.2 Å². The van der Waals surface area contributed by atoms with Crippen LogP contribution in [-0.4, -0.2) is 5.11 Å². The van der Waals surface area contributed by atoms with Crippen LogP contribution in [0.1, 0.15) is 149 Å². The molecule has 1 N–H and O–H groups in total. The molecular formula is C62H66O. The Morgan fingerprint density at radius 1 is 0.444 bits per heavy atom. The van der Waals surface area contributed by atoms with E-state index in [0.29, 0.717) is 11.3 Å². The van der Waals surface area contributed by atoms with Gasteiger partial charge in [0.1, 0.15) is 5.75 Å². The van der Waals surface area contributed by atoms with E-state index < -0.39 is 24.5 Å². The third-order valence-electron chi connectivity index (χ3n) is 12.7. The summed E-state index contributed by atoms with van der Waals surface area (Å²) in [6, 6.07) is 40.7. The number of phenolic OH excluding ortho intramolecular Hbond substituents is 1. The Labute approximate surface area is 388 Å². The fraction of sp³-hybridized carbons (Fsp3) is 0.290. The van der Waals surface area contributed by atoms with Gasteiger partial charge in [-0.25, -0.2) is 0 Å². The Hall–Kier alpha value is -5.92. The number of hydrogen-bond acceptors (Lipinski definition) is 1. The Bertz CT molecular complexity index is 3190. The van der Waals surface area contributed by atoms with Gasteiger partial charge in [0.2, 0.25) is 0 Å². The van der Waals surface area contributed by atoms with Gasteiger partial charge in [0.25, 0.3) is 0 Å². The van der Waals surface area contributed by atoms with E-state index in [1.54, 1.807) is 6.07 Å². The zero-order valence-corrected chi connectivity index (χ0v) is 39.1. The van der Waals surface area contributed by atoms with Crippen LogP contribution >= 0.6 is 0 Å². The van der Waals surface area contributed by atoms with Crippen molar-refractivity contribution in [2.24, 2.45) is 0 Å². The van der Waals surface area contributed by atoms with Crippen LogP contribution in [0.15, 0.2) is 145 Å². The second kappa shape index (κ2) is 16.0. The second-order valence-corrected chi connectivity index (χ2v) is 21.6. The van der Waals surface area contributed by atoms with Crippen molar-refractivity contribution < 1.29 is 14.7 Å². The maximum Gasteiger partial charge on any atom is 0.126 e. The van der Waals surface area contributed by atoms with Gasteiger partial charge in [-0.1, -0.05) is 216 Å². The van der Waals surface area contributed by atoms with E-state index in [9.17, 15) is 5.11 Å². The van der Waals surface area contributed by atoms with Gasteiger partial charge in [-0.15, -0.1) is 0 Å². The minimum Gasteiger partial charge on any atom is -0.507 e. The lowest BCUT2D eigenvalue weighted by atomic mass is 9.75. The fourth-order valence-electron chi connectivity index (χ4n) is 8.92. The lowest BCUT2D eigenvalue weighted by Crippen LogP contribution is -2.18. The van der Waals surface area contributed by atoms with Gasteiger partial charge in [-0.2, -0.15) is 0 Å². The van der Waals surface area contributed by atoms with Crippen molar-refractivity contribution in [3.05, 3.63) is 196 Å². The van der Waals surface area contributed by atoms with Crippen LogP contribution in [0.5, 0.6) is 5.75 Å². The van der Waals surface area contributed by atoms with Crippen LogP contribution in [0.2, 0.25) is 0 Å². The van der Waals surface area contributed by atoms with E-state index in [2.05, 4.69) is 186 Å². The SMILES string of the molecule is [2H]c1c([2H])c(C([2H])([2H])[2H])c([2H])c([2H])c1-c1cccc(-c2cc(-c3cccc4c3C=C(c3cc(C(C)(C)C)cc(C(C)(C)C)c3O)C4c3ccc(C(C)(C)C)cc3-c3ccccc3)cc(C(C)(C)C)c2)c1. The first-order valence-corrected chi connectivity index (χ1v) is 22.3. The number of hydrogen-bond donors (Lipinski definition) is 1. The maximum absolute atomic E-state index is 12.6. The van der Waals surface area contributed by atoms with Crippen molar-refractivity contribution in [2.45, 2.75) is 118 Å². The molecule has 1 unspecified atom stereocenters. The normalized spacial score (nSPS) is 16.2. The molecule has 0 saturated carbocycles. The molecule has 8 rings (SSSR count). The van der Waals surface area contributed by atoms with Crippen LogP contribution in [0.3, 0.4) is 0 Å². The van der Waals surface area contributed by atoms with E-state index in [1.807, 2.05) is 18.2 Å². The van der Waals surface area contributed by atoms with Gasteiger partial charge in [-0.05, 0) is 136 Å². The average molecular weight is 834 g/mol. The predicted molar refractivity (Wildman–Crippen MR) is 272 cm³/mol. The fourth-order valence-corrected chi connectivity index (χ4v) is 8.92. The number of fused-ring (bicyclic) bond motifs is 1. The molecule has 1 atom stereocenters. The van der Waals surface area contributed by atoms with E-state index in [1.165, 1.54) is 5.56 Å². The monoisotopic (exact) mass is 834 g/mol. The summed E-state index contributed by atoms with van der Waals surface area (Å²) in [6.45, 7) is 23.7. The lowest BCUT2D eigenvalue weighted by molar-refractivity contribution is 0.443. The molecule has 0 bridgehead atoms. The van der Waals surface area contributed by atoms with Crippen LogP contribution in [0, 0.1) is 6.85 Å². The van der Waals surface area contributed by atoms with Crippen molar-refractivity contribution in [1.29, 1.82) is 0 Å². The first kappa shape index (κ1) is 35.5. The molecule has 63 heavy (non-hydrogen) atoms. The minimum atomic E-state index is -2.80. The van der Waals surface area contributed by atoms with Crippen LogP contribution in [0.25, 0.3) is 56.2 Å². The molecule has 1 aliphatic rings. The maximum atomic E-state index is 12.6. The van der Waals surface area contributed by atoms with Crippen molar-refractivity contribution >= 4 is 11.6 Å². The Morgan fingerprint density at radius 2 is 1.02 bits per heavy atom. The average Bonchev–Trinajstić information content (AvgIpc) is 3.66. The first-order valence-electron chi connectivity index (χ1n) is 25.8. The van der Waals surface area contributed by atoms with Crippen molar-refractivity contribution in [3.63, 3.8) is 0 Å². The summed E-state index contributed by atoms with van der Waals surface area (Å²) >= 11 is 0. The highest BCUT2D eigenvalue weighted by molar-refractivity contribution is 6.01. The number of benzene rings is 7. The number of rotatable bonds is 6. The molecule has 7 aromatic rings. The molecule has 0 radical (unpaired) electrons. The summed E-state index contributed by atoms with van der Waals surface area (Å²) in [5.41, 5.74) is 14.7. The number of aromatic hydroxyl groups is 1. The van der Waals surface area contributed by atoms with E-state index in [-0.39, 0.29) is 45.2 Å². The largest absolute Gasteiger partial charge is 0.507 e. The quantitative estimate of drug-likeness (QED) is 0.177. The van der Waals surface area contributed by atoms with Gasteiger partial charge in [0.05, 0.1) is 5.48 Å². The van der Waals surface area contributed by atoms with Crippen LogP contribution in [-0.2, 0) is 21.7 Å². The molecule has 0 fully saturated rings. The van der Waals surface area contributed by atoms with Crippen LogP contribution in [0.4, 0.5) is 0 Å². The summed E-state index contributed by atoms with van der Waals surface area (Å²) in [5.74, 6) is 0.0547. The third kappa shape index (κ3) is 8.73. The molecule has 7 aromatic carbocycles. The summed E-state index contributed by atoms with van der Waals surface area (Å²) in [5, 5.41) is 12.6. The first-order chi connectivity index (χ1) is 32.5. The summed E-state index contributed by atoms with van der Waals surface area (Å²) in [4.78, 5) is 0. The van der Waals surface area contributed by atoms with Gasteiger partial charge < -0.3 is 5.11 Å². The summed E-state index contributed by atoms with van der Waals surface area (Å²) in [6.07, 6.45) is 2.31. The topological polar surface area (TPSA) is 20.2 Å². The molecule has 0 aromatic heterocycles. The molecule has 0 saturated heterocycles. The predicted octanol–water partition coefficient (Wildman–Crippen LogP) is 17.2. The van der Waals surface area contributed by atoms with Gasteiger partial charge in [0.15, 0.2) is 0 Å². The van der Waals surface area contributed by atoms with Gasteiger partial charge in [-0.3, -0.25) is 0 Å². The van der Waals surface area contributed by atoms with Crippen molar-refractivity contribution in [3.8, 4) is 50.3 Å². The highest BCUT2D eigenvalue weighted by Crippen LogP contribution is 2.54. The highest BCUT2D eigenvalue weighted by atomic mass is 16.3. The van der Waals surface area contributed by atoms with Crippen molar-refractivity contribution in [2.75, 3.05) is 0 Å². The zero-order chi connectivity index (χ0) is 51.2. The molecule has 0 spiro atoms. The third-order valence-corrected chi connectivity index (χ3v) is 12.7. The van der Waals surface area contributed by atoms with E-state index >= 15 is 0 Å². The van der Waals surface area contributed by atoms with E-state index in [4.69, 9.17) is 9.60 Å². The second-order valence-electron chi connectivity index (χ2n) is 21.6. The summed E-state index contributed by atoms with van der Waals surface area (Å²) in [7, 11) is 0.